The number of amides is 3. The molecule has 0 bridgehead atoms. The maximum absolute atomic E-state index is 14.3. The molecule has 2 aromatic heterocycles. The van der Waals surface area contributed by atoms with Crippen molar-refractivity contribution in [2.24, 2.45) is 0 Å². The number of hydrazine groups is 1. The summed E-state index contributed by atoms with van der Waals surface area (Å²) in [6, 6.07) is 26.4. The monoisotopic (exact) mass is 866 g/mol. The van der Waals surface area contributed by atoms with Gasteiger partial charge in [0.1, 0.15) is 18.0 Å². The van der Waals surface area contributed by atoms with Crippen LogP contribution < -0.4 is 63.6 Å². The fraction of sp³-hybridized carbons (Fsp3) is 0.250. The summed E-state index contributed by atoms with van der Waals surface area (Å²) in [5.41, 5.74) is 4.48. The van der Waals surface area contributed by atoms with Crippen LogP contribution in [0.25, 0.3) is 10.9 Å². The number of H-pyrrole nitrogens is 1. The van der Waals surface area contributed by atoms with Gasteiger partial charge in [-0.25, -0.2) is 14.6 Å². The largest absolute Gasteiger partial charge is 1.00 e. The second kappa shape index (κ2) is 23.6. The molecule has 2 atom stereocenters. The van der Waals surface area contributed by atoms with Gasteiger partial charge < -0.3 is 33.1 Å². The molecule has 306 valence electrons. The van der Waals surface area contributed by atoms with Gasteiger partial charge in [0.05, 0.1) is 18.6 Å². The third-order valence-corrected chi connectivity index (χ3v) is 10.1. The van der Waals surface area contributed by atoms with E-state index in [-0.39, 0.29) is 135 Å². The molecule has 5 aromatic rings. The van der Waals surface area contributed by atoms with Crippen LogP contribution >= 0.6 is 20.5 Å². The summed E-state index contributed by atoms with van der Waals surface area (Å²) in [4.78, 5) is 72.4. The second-order valence-electron chi connectivity index (χ2n) is 13.3. The minimum atomic E-state index is -4.75. The quantitative estimate of drug-likeness (QED) is 0.0493. The number of para-hydroxylation sites is 1. The number of carbonyl (C=O) groups excluding carboxylic acids is 3. The van der Waals surface area contributed by atoms with E-state index in [1.807, 2.05) is 72.9 Å². The maximum atomic E-state index is 14.3. The molecule has 7 N–H and O–H groups in total. The molecule has 3 aromatic carbocycles. The summed E-state index contributed by atoms with van der Waals surface area (Å²) >= 11 is 4.13. The Kier molecular flexibility index (Phi) is 20.7. The number of hydrogen-bond acceptors (Lipinski definition) is 8. The Labute approximate surface area is 395 Å². The van der Waals surface area contributed by atoms with Crippen LogP contribution in [0.5, 0.6) is 5.75 Å². The van der Waals surface area contributed by atoms with Gasteiger partial charge in [0, 0.05) is 48.9 Å². The summed E-state index contributed by atoms with van der Waals surface area (Å²) < 4.78 is 16.0. The van der Waals surface area contributed by atoms with Crippen molar-refractivity contribution >= 4 is 49.1 Å². The zero-order valence-electron chi connectivity index (χ0n) is 35.3. The van der Waals surface area contributed by atoms with E-state index in [4.69, 9.17) is 0 Å². The Bertz CT molecular complexity index is 2190. The van der Waals surface area contributed by atoms with Crippen molar-refractivity contribution in [1.82, 2.24) is 29.8 Å². The van der Waals surface area contributed by atoms with E-state index in [9.17, 15) is 28.7 Å². The minimum Gasteiger partial charge on any atom is -1.00 e. The summed E-state index contributed by atoms with van der Waals surface area (Å²) in [5.74, 6) is -0.809. The normalized spacial score (nSPS) is 16.2. The van der Waals surface area contributed by atoms with Gasteiger partial charge in [-0.05, 0) is 72.3 Å². The maximum Gasteiger partial charge on any atom is 1.00 e. The van der Waals surface area contributed by atoms with Crippen molar-refractivity contribution in [2.45, 2.75) is 49.8 Å². The number of nitrogens with one attached hydrogen (secondary N) is 1. The van der Waals surface area contributed by atoms with E-state index >= 15 is 0 Å². The summed E-state index contributed by atoms with van der Waals surface area (Å²) in [6.07, 6.45) is 5.03. The number of carbonyl (C=O) groups is 3. The fourth-order valence-electron chi connectivity index (χ4n) is 6.88. The van der Waals surface area contributed by atoms with E-state index in [0.29, 0.717) is 12.0 Å². The molecule has 7 rings (SSSR count). The van der Waals surface area contributed by atoms with Crippen molar-refractivity contribution < 1.29 is 106 Å². The van der Waals surface area contributed by atoms with Crippen molar-refractivity contribution in [1.29, 1.82) is 0 Å². The Morgan fingerprint density at radius 1 is 1.02 bits per heavy atom. The summed E-state index contributed by atoms with van der Waals surface area (Å²) in [6.45, 7) is 6.38. The van der Waals surface area contributed by atoms with E-state index in [2.05, 4.69) is 40.6 Å². The number of aryl methyl sites for hydroxylation is 2. The summed E-state index contributed by atoms with van der Waals surface area (Å²) in [7, 11) is -4.75. The number of aromatic amines is 1. The van der Waals surface area contributed by atoms with Gasteiger partial charge in [0.25, 0.3) is 0 Å². The SMILES string of the molecule is C=CCN1CC(=O)N2[C@@H](Cc3ccc(OP(=O)(O)O)cc3)C(=O)N(Cc3cccc4cc[nH]c34)C[C@@H]2N1C(=O)CCc1ccccn1.Cc1ccc(S)cc1.O.O.[H-].[H-].[Na+].[Na+]. The van der Waals surface area contributed by atoms with Gasteiger partial charge in [0.15, 0.2) is 0 Å². The Balaban J connectivity index is 0.00000232. The van der Waals surface area contributed by atoms with Gasteiger partial charge in [0.2, 0.25) is 17.7 Å². The smallest absolute Gasteiger partial charge is 1.00 e. The number of piperazine rings is 1. The summed E-state index contributed by atoms with van der Waals surface area (Å²) in [5, 5.41) is 4.28. The first-order valence-corrected chi connectivity index (χ1v) is 19.7. The van der Waals surface area contributed by atoms with E-state index in [1.165, 1.54) is 22.6 Å². The van der Waals surface area contributed by atoms with Crippen molar-refractivity contribution in [3.8, 4) is 5.75 Å². The first-order valence-electron chi connectivity index (χ1n) is 17.7. The molecule has 15 nitrogen and oxygen atoms in total. The number of rotatable bonds is 11. The van der Waals surface area contributed by atoms with Crippen LogP contribution in [0.15, 0.2) is 121 Å². The predicted octanol–water partition coefficient (Wildman–Crippen LogP) is -2.11. The van der Waals surface area contributed by atoms with Gasteiger partial charge >= 0.3 is 66.9 Å². The molecule has 0 radical (unpaired) electrons. The van der Waals surface area contributed by atoms with Crippen LogP contribution in [-0.2, 0) is 38.3 Å². The minimum absolute atomic E-state index is 0. The standard InChI is InChI=1S/C33H35N6O7P.C7H8S.2Na.2H2O.2H/c1-2-18-37-22-31(41)38-28(19-23-9-12-27(13-10-23)46-47(43,44)45)33(42)36(20-25-7-5-6-24-15-17-35-32(24)25)21-29(38)39(37)30(40)14-11-26-8-3-4-16-34-26;1-6-2-4-7(8)5-3-6;;;;;;/h2-10,12-13,15-17,28-29,35H,1,11,14,18-22H2,(H2,43,44,45);2-5,8H,1H3;;;2*1H2;;/q;;2*+1;;;2*-1/t28-,29-;;;;;;;/m0......./s1. The van der Waals surface area contributed by atoms with Gasteiger partial charge in [-0.1, -0.05) is 60.2 Å². The second-order valence-corrected chi connectivity index (χ2v) is 15.0. The molecule has 2 aliphatic heterocycles. The Morgan fingerprint density at radius 2 is 1.73 bits per heavy atom. The molecule has 0 spiro atoms. The Hall–Kier alpha value is -3.32. The molecule has 0 aliphatic carbocycles. The number of benzene rings is 3. The van der Waals surface area contributed by atoms with E-state index < -0.39 is 20.0 Å². The number of phosphoric acid groups is 1. The zero-order valence-corrected chi connectivity index (χ0v) is 39.1. The van der Waals surface area contributed by atoms with E-state index in [0.717, 1.165) is 27.1 Å². The average molecular weight is 867 g/mol. The van der Waals surface area contributed by atoms with Crippen LogP contribution in [0.2, 0.25) is 0 Å². The van der Waals surface area contributed by atoms with Crippen molar-refractivity contribution in [3.05, 3.63) is 138 Å². The number of hydrogen-bond donors (Lipinski definition) is 4. The molecule has 2 fully saturated rings. The van der Waals surface area contributed by atoms with Crippen LogP contribution in [-0.4, -0.2) is 100 Å². The zero-order chi connectivity index (χ0) is 39.1. The van der Waals surface area contributed by atoms with Gasteiger partial charge in [-0.2, -0.15) is 0 Å². The molecule has 2 aliphatic rings. The molecule has 0 unspecified atom stereocenters. The fourth-order valence-corrected chi connectivity index (χ4v) is 7.42. The number of aromatic nitrogens is 2. The molecular formula is C40H49N6Na2O9PS. The third kappa shape index (κ3) is 13.6. The molecule has 3 amide bonds. The molecule has 59 heavy (non-hydrogen) atoms. The number of fused-ring (bicyclic) bond motifs is 2. The first kappa shape index (κ1) is 51.8. The van der Waals surface area contributed by atoms with Crippen LogP contribution in [0, 0.1) is 6.92 Å². The van der Waals surface area contributed by atoms with Crippen LogP contribution in [0.4, 0.5) is 0 Å². The predicted molar refractivity (Wildman–Crippen MR) is 220 cm³/mol. The number of pyridine rings is 1. The molecular weight excluding hydrogens is 817 g/mol. The van der Waals surface area contributed by atoms with Crippen molar-refractivity contribution in [2.75, 3.05) is 19.6 Å². The average Bonchev–Trinajstić information content (AvgIpc) is 3.65. The van der Waals surface area contributed by atoms with Gasteiger partial charge in [-0.3, -0.25) is 29.2 Å². The molecule has 19 heteroatoms. The number of nitrogens with zero attached hydrogens (tertiary/aromatic N) is 5. The molecule has 2 saturated heterocycles. The number of phosphoric ester groups is 1. The van der Waals surface area contributed by atoms with Gasteiger partial charge in [-0.15, -0.1) is 19.2 Å². The molecule has 0 saturated carbocycles. The number of thiol groups is 1. The van der Waals surface area contributed by atoms with Crippen molar-refractivity contribution in [3.63, 3.8) is 0 Å². The first-order chi connectivity index (χ1) is 26.4. The molecule has 4 heterocycles. The van der Waals surface area contributed by atoms with Crippen LogP contribution in [0.3, 0.4) is 0 Å². The van der Waals surface area contributed by atoms with E-state index in [1.54, 1.807) is 39.3 Å². The van der Waals surface area contributed by atoms with Crippen LogP contribution in [0.1, 0.15) is 31.7 Å². The Morgan fingerprint density at radius 3 is 2.36 bits per heavy atom. The topological polar surface area (TPSA) is 223 Å². The third-order valence-electron chi connectivity index (χ3n) is 9.39.